The number of hydrogen-bond donors (Lipinski definition) is 2. The molecule has 0 bridgehead atoms. The molecule has 0 saturated heterocycles. The number of carboxylic acid groups (broad SMARTS) is 1. The maximum absolute atomic E-state index is 11.0. The number of aromatic carboxylic acids is 1. The molecule has 2 rings (SSSR count). The van der Waals surface area contributed by atoms with Gasteiger partial charge in [-0.25, -0.2) is 9.79 Å². The van der Waals surface area contributed by atoms with Crippen LogP contribution >= 0.6 is 11.6 Å². The zero-order valence-corrected chi connectivity index (χ0v) is 10.3. The third kappa shape index (κ3) is 2.48. The maximum atomic E-state index is 11.0. The van der Waals surface area contributed by atoms with Gasteiger partial charge in [-0.3, -0.25) is 0 Å². The van der Waals surface area contributed by atoms with Gasteiger partial charge in [-0.05, 0) is 6.07 Å². The third-order valence-corrected chi connectivity index (χ3v) is 2.66. The van der Waals surface area contributed by atoms with Crippen molar-refractivity contribution in [2.75, 3.05) is 25.6 Å². The first-order chi connectivity index (χ1) is 8.61. The van der Waals surface area contributed by atoms with Crippen molar-refractivity contribution in [3.63, 3.8) is 0 Å². The van der Waals surface area contributed by atoms with Gasteiger partial charge in [0.05, 0.1) is 24.4 Å². The molecule has 7 heteroatoms. The van der Waals surface area contributed by atoms with Crippen LogP contribution in [0.5, 0.6) is 5.75 Å². The SMILES string of the molecule is COc1cc(NC2=NCCO2)c(Cl)cc1C(=O)O. The van der Waals surface area contributed by atoms with Gasteiger partial charge in [0, 0.05) is 6.07 Å². The molecule has 1 aliphatic heterocycles. The number of hydrogen-bond acceptors (Lipinski definition) is 5. The topological polar surface area (TPSA) is 80.1 Å². The lowest BCUT2D eigenvalue weighted by molar-refractivity contribution is 0.0693. The summed E-state index contributed by atoms with van der Waals surface area (Å²) < 4.78 is 10.2. The predicted molar refractivity (Wildman–Crippen MR) is 66.8 cm³/mol. The van der Waals surface area contributed by atoms with Crippen LogP contribution in [0.2, 0.25) is 5.02 Å². The molecule has 0 atom stereocenters. The summed E-state index contributed by atoms with van der Waals surface area (Å²) in [6.45, 7) is 1.11. The molecule has 0 spiro atoms. The van der Waals surface area contributed by atoms with Gasteiger partial charge in [-0.1, -0.05) is 11.6 Å². The first kappa shape index (κ1) is 12.5. The summed E-state index contributed by atoms with van der Waals surface area (Å²) in [5.41, 5.74) is 0.487. The molecule has 0 unspecified atom stereocenters. The summed E-state index contributed by atoms with van der Waals surface area (Å²) in [5.74, 6) is -0.886. The van der Waals surface area contributed by atoms with Gasteiger partial charge in [0.1, 0.15) is 17.9 Å². The Morgan fingerprint density at radius 1 is 1.61 bits per heavy atom. The van der Waals surface area contributed by atoms with E-state index in [2.05, 4.69) is 10.3 Å². The predicted octanol–water partition coefficient (Wildman–Crippen LogP) is 1.84. The number of carbonyl (C=O) groups is 1. The van der Waals surface area contributed by atoms with E-state index in [0.29, 0.717) is 24.9 Å². The molecule has 0 radical (unpaired) electrons. The van der Waals surface area contributed by atoms with Crippen molar-refractivity contribution >= 4 is 29.3 Å². The smallest absolute Gasteiger partial charge is 0.339 e. The number of amidine groups is 1. The van der Waals surface area contributed by atoms with Gasteiger partial charge in [-0.15, -0.1) is 0 Å². The number of carboxylic acids is 1. The standard InChI is InChI=1S/C11H11ClN2O4/c1-17-9-5-8(14-11-13-2-3-18-11)7(12)4-6(9)10(15)16/h4-5H,2-3H2,1H3,(H,13,14)(H,15,16). The highest BCUT2D eigenvalue weighted by Gasteiger charge is 2.16. The lowest BCUT2D eigenvalue weighted by Crippen LogP contribution is -2.13. The fourth-order valence-electron chi connectivity index (χ4n) is 1.51. The summed E-state index contributed by atoms with van der Waals surface area (Å²) in [4.78, 5) is 15.0. The van der Waals surface area contributed by atoms with Crippen LogP contribution in [-0.4, -0.2) is 37.4 Å². The van der Waals surface area contributed by atoms with E-state index >= 15 is 0 Å². The minimum absolute atomic E-state index is 0.00216. The molecular weight excluding hydrogens is 260 g/mol. The van der Waals surface area contributed by atoms with Crippen LogP contribution in [0, 0.1) is 0 Å². The van der Waals surface area contributed by atoms with Crippen molar-refractivity contribution in [3.05, 3.63) is 22.7 Å². The fraction of sp³-hybridized carbons (Fsp3) is 0.273. The summed E-state index contributed by atoms with van der Waals surface area (Å²) >= 11 is 5.99. The molecule has 1 aromatic carbocycles. The Labute approximate surface area is 108 Å². The average molecular weight is 271 g/mol. The van der Waals surface area contributed by atoms with E-state index in [9.17, 15) is 4.79 Å². The molecule has 1 aliphatic rings. The van der Waals surface area contributed by atoms with Crippen LogP contribution in [0.3, 0.4) is 0 Å². The Balaban J connectivity index is 2.33. The Morgan fingerprint density at radius 2 is 2.39 bits per heavy atom. The molecule has 1 heterocycles. The molecule has 18 heavy (non-hydrogen) atoms. The van der Waals surface area contributed by atoms with Crippen molar-refractivity contribution in [1.82, 2.24) is 0 Å². The fourth-order valence-corrected chi connectivity index (χ4v) is 1.72. The van der Waals surface area contributed by atoms with Gasteiger partial charge in [0.25, 0.3) is 6.02 Å². The van der Waals surface area contributed by atoms with Crippen molar-refractivity contribution < 1.29 is 19.4 Å². The summed E-state index contributed by atoms with van der Waals surface area (Å²) in [5, 5.41) is 12.1. The lowest BCUT2D eigenvalue weighted by Gasteiger charge is -2.11. The largest absolute Gasteiger partial charge is 0.496 e. The molecule has 2 N–H and O–H groups in total. The van der Waals surface area contributed by atoms with E-state index in [-0.39, 0.29) is 16.3 Å². The number of aliphatic imine (C=N–C) groups is 1. The number of benzene rings is 1. The monoisotopic (exact) mass is 270 g/mol. The van der Waals surface area contributed by atoms with Crippen LogP contribution in [0.1, 0.15) is 10.4 Å². The normalized spacial score (nSPS) is 13.8. The Bertz CT molecular complexity index is 516. The molecule has 6 nitrogen and oxygen atoms in total. The van der Waals surface area contributed by atoms with Crippen LogP contribution in [0.15, 0.2) is 17.1 Å². The van der Waals surface area contributed by atoms with Crippen molar-refractivity contribution in [2.24, 2.45) is 4.99 Å². The number of ether oxygens (including phenoxy) is 2. The zero-order valence-electron chi connectivity index (χ0n) is 9.57. The van der Waals surface area contributed by atoms with E-state index in [0.717, 1.165) is 0 Å². The minimum Gasteiger partial charge on any atom is -0.496 e. The van der Waals surface area contributed by atoms with Gasteiger partial charge in [0.2, 0.25) is 0 Å². The van der Waals surface area contributed by atoms with Crippen LogP contribution < -0.4 is 10.1 Å². The maximum Gasteiger partial charge on any atom is 0.339 e. The summed E-state index contributed by atoms with van der Waals surface area (Å²) in [7, 11) is 1.39. The first-order valence-electron chi connectivity index (χ1n) is 5.17. The molecule has 0 saturated carbocycles. The number of nitrogens with zero attached hydrogens (tertiary/aromatic N) is 1. The van der Waals surface area contributed by atoms with Crippen LogP contribution in [-0.2, 0) is 4.74 Å². The zero-order chi connectivity index (χ0) is 13.1. The highest BCUT2D eigenvalue weighted by Crippen LogP contribution is 2.31. The highest BCUT2D eigenvalue weighted by molar-refractivity contribution is 6.34. The number of rotatable bonds is 3. The van der Waals surface area contributed by atoms with Crippen molar-refractivity contribution in [3.8, 4) is 5.75 Å². The molecule has 0 aromatic heterocycles. The number of anilines is 1. The number of halogens is 1. The quantitative estimate of drug-likeness (QED) is 0.876. The van der Waals surface area contributed by atoms with E-state index in [1.54, 1.807) is 0 Å². The molecule has 0 fully saturated rings. The molecule has 1 aromatic rings. The minimum atomic E-state index is -1.10. The second-order valence-electron chi connectivity index (χ2n) is 3.50. The Kier molecular flexibility index (Phi) is 3.57. The number of nitrogens with one attached hydrogen (secondary N) is 1. The third-order valence-electron chi connectivity index (χ3n) is 2.35. The average Bonchev–Trinajstić information content (AvgIpc) is 2.83. The molecular formula is C11H11ClN2O4. The van der Waals surface area contributed by atoms with Gasteiger partial charge < -0.3 is 19.9 Å². The molecule has 96 valence electrons. The second kappa shape index (κ2) is 5.14. The van der Waals surface area contributed by atoms with Gasteiger partial charge in [-0.2, -0.15) is 0 Å². The van der Waals surface area contributed by atoms with Gasteiger partial charge in [0.15, 0.2) is 0 Å². The van der Waals surface area contributed by atoms with Crippen molar-refractivity contribution in [2.45, 2.75) is 0 Å². The van der Waals surface area contributed by atoms with Crippen LogP contribution in [0.25, 0.3) is 0 Å². The molecule has 0 aliphatic carbocycles. The van der Waals surface area contributed by atoms with E-state index < -0.39 is 5.97 Å². The summed E-state index contributed by atoms with van der Waals surface area (Å²) in [6, 6.07) is 3.18. The van der Waals surface area contributed by atoms with E-state index in [1.165, 1.54) is 19.2 Å². The second-order valence-corrected chi connectivity index (χ2v) is 3.91. The van der Waals surface area contributed by atoms with Gasteiger partial charge >= 0.3 is 5.97 Å². The Morgan fingerprint density at radius 3 is 2.94 bits per heavy atom. The summed E-state index contributed by atoms with van der Waals surface area (Å²) in [6.07, 6.45) is 0. The lowest BCUT2D eigenvalue weighted by atomic mass is 10.2. The van der Waals surface area contributed by atoms with Crippen molar-refractivity contribution in [1.29, 1.82) is 0 Å². The van der Waals surface area contributed by atoms with E-state index in [1.807, 2.05) is 0 Å². The number of methoxy groups -OCH3 is 1. The Hall–Kier alpha value is -1.95. The first-order valence-corrected chi connectivity index (χ1v) is 5.54. The van der Waals surface area contributed by atoms with Crippen LogP contribution in [0.4, 0.5) is 5.69 Å². The van der Waals surface area contributed by atoms with E-state index in [4.69, 9.17) is 26.2 Å². The highest BCUT2D eigenvalue weighted by atomic mass is 35.5. The molecule has 0 amide bonds.